The van der Waals surface area contributed by atoms with Gasteiger partial charge in [-0.3, -0.25) is 4.79 Å². The Kier molecular flexibility index (Phi) is 3.54. The highest BCUT2D eigenvalue weighted by Crippen LogP contribution is 2.31. The zero-order chi connectivity index (χ0) is 14.2. The zero-order valence-corrected chi connectivity index (χ0v) is 12.8. The SMILES string of the molecule is C[C@@H]1CCCN(C(=O)[C@@]2(C)CC(c3cccs3)=NO2)C1. The minimum absolute atomic E-state index is 0.0827. The van der Waals surface area contributed by atoms with E-state index in [0.29, 0.717) is 12.3 Å². The number of likely N-dealkylation sites (tertiary alicyclic amines) is 1. The van der Waals surface area contributed by atoms with E-state index in [4.69, 9.17) is 4.84 Å². The lowest BCUT2D eigenvalue weighted by Gasteiger charge is -2.35. The van der Waals surface area contributed by atoms with Crippen molar-refractivity contribution in [2.24, 2.45) is 11.1 Å². The standard InChI is InChI=1S/C15H20N2O2S/c1-11-5-3-7-17(10-11)14(18)15(2)9-12(16-19-15)13-6-4-8-20-13/h4,6,8,11H,3,5,7,9-10H2,1-2H3/t11-,15-/m1/s1. The third-order valence-corrected chi connectivity index (χ3v) is 4.98. The molecule has 1 saturated heterocycles. The van der Waals surface area contributed by atoms with Crippen LogP contribution in [0.3, 0.4) is 0 Å². The molecule has 3 heterocycles. The van der Waals surface area contributed by atoms with E-state index in [1.807, 2.05) is 29.3 Å². The Morgan fingerprint density at radius 1 is 1.60 bits per heavy atom. The molecule has 2 atom stereocenters. The quantitative estimate of drug-likeness (QED) is 0.841. The van der Waals surface area contributed by atoms with Crippen molar-refractivity contribution in [3.8, 4) is 0 Å². The van der Waals surface area contributed by atoms with Crippen molar-refractivity contribution in [3.05, 3.63) is 22.4 Å². The third-order valence-electron chi connectivity index (χ3n) is 4.06. The van der Waals surface area contributed by atoms with Crippen LogP contribution < -0.4 is 0 Å². The first-order chi connectivity index (χ1) is 9.58. The van der Waals surface area contributed by atoms with Crippen LogP contribution in [0.2, 0.25) is 0 Å². The molecule has 3 rings (SSSR count). The Labute approximate surface area is 123 Å². The highest BCUT2D eigenvalue weighted by molar-refractivity contribution is 7.12. The van der Waals surface area contributed by atoms with Crippen molar-refractivity contribution in [1.82, 2.24) is 4.90 Å². The molecule has 1 fully saturated rings. The van der Waals surface area contributed by atoms with Gasteiger partial charge in [-0.05, 0) is 37.1 Å². The van der Waals surface area contributed by atoms with E-state index in [2.05, 4.69) is 12.1 Å². The van der Waals surface area contributed by atoms with Gasteiger partial charge < -0.3 is 9.74 Å². The van der Waals surface area contributed by atoms with Gasteiger partial charge in [0.2, 0.25) is 5.60 Å². The summed E-state index contributed by atoms with van der Waals surface area (Å²) in [6.07, 6.45) is 2.86. The predicted octanol–water partition coefficient (Wildman–Crippen LogP) is 2.89. The fourth-order valence-electron chi connectivity index (χ4n) is 2.94. The van der Waals surface area contributed by atoms with E-state index in [-0.39, 0.29) is 5.91 Å². The first-order valence-corrected chi connectivity index (χ1v) is 8.05. The lowest BCUT2D eigenvalue weighted by atomic mass is 9.94. The molecule has 5 heteroatoms. The lowest BCUT2D eigenvalue weighted by molar-refractivity contribution is -0.155. The van der Waals surface area contributed by atoms with Crippen molar-refractivity contribution in [2.75, 3.05) is 13.1 Å². The molecule has 2 aliphatic heterocycles. The topological polar surface area (TPSA) is 41.9 Å². The number of nitrogens with zero attached hydrogens (tertiary/aromatic N) is 2. The molecular weight excluding hydrogens is 272 g/mol. The first kappa shape index (κ1) is 13.6. The monoisotopic (exact) mass is 292 g/mol. The van der Waals surface area contributed by atoms with Crippen LogP contribution in [-0.4, -0.2) is 35.2 Å². The average Bonchev–Trinajstić information content (AvgIpc) is 3.07. The number of thiophene rings is 1. The van der Waals surface area contributed by atoms with Crippen LogP contribution in [-0.2, 0) is 9.63 Å². The molecule has 20 heavy (non-hydrogen) atoms. The van der Waals surface area contributed by atoms with E-state index >= 15 is 0 Å². The summed E-state index contributed by atoms with van der Waals surface area (Å²) in [4.78, 5) is 21.3. The number of hydrogen-bond acceptors (Lipinski definition) is 4. The fraction of sp³-hybridized carbons (Fsp3) is 0.600. The number of rotatable bonds is 2. The van der Waals surface area contributed by atoms with Gasteiger partial charge in [0.1, 0.15) is 5.71 Å². The number of hydrogen-bond donors (Lipinski definition) is 0. The van der Waals surface area contributed by atoms with E-state index in [0.717, 1.165) is 30.1 Å². The second kappa shape index (κ2) is 5.20. The fourth-order valence-corrected chi connectivity index (χ4v) is 3.64. The summed E-state index contributed by atoms with van der Waals surface area (Å²) in [5.74, 6) is 0.662. The van der Waals surface area contributed by atoms with E-state index in [1.54, 1.807) is 11.3 Å². The molecule has 0 N–H and O–H groups in total. The second-order valence-corrected chi connectivity index (χ2v) is 6.96. The van der Waals surface area contributed by atoms with Gasteiger partial charge in [-0.2, -0.15) is 0 Å². The molecule has 0 spiro atoms. The highest BCUT2D eigenvalue weighted by Gasteiger charge is 2.45. The van der Waals surface area contributed by atoms with Gasteiger partial charge in [0.15, 0.2) is 0 Å². The number of oxime groups is 1. The van der Waals surface area contributed by atoms with Crippen LogP contribution in [0.4, 0.5) is 0 Å². The summed E-state index contributed by atoms with van der Waals surface area (Å²) in [6.45, 7) is 5.74. The summed E-state index contributed by atoms with van der Waals surface area (Å²) in [7, 11) is 0. The van der Waals surface area contributed by atoms with E-state index in [1.165, 1.54) is 6.42 Å². The van der Waals surface area contributed by atoms with Crippen LogP contribution in [0.15, 0.2) is 22.7 Å². The van der Waals surface area contributed by atoms with Crippen molar-refractivity contribution in [1.29, 1.82) is 0 Å². The Morgan fingerprint density at radius 2 is 2.45 bits per heavy atom. The zero-order valence-electron chi connectivity index (χ0n) is 12.0. The maximum atomic E-state index is 12.7. The molecular formula is C15H20N2O2S. The van der Waals surface area contributed by atoms with Gasteiger partial charge in [0.25, 0.3) is 5.91 Å². The van der Waals surface area contributed by atoms with Crippen LogP contribution in [0.5, 0.6) is 0 Å². The summed E-state index contributed by atoms with van der Waals surface area (Å²) in [5, 5.41) is 6.16. The van der Waals surface area contributed by atoms with Gasteiger partial charge >= 0.3 is 0 Å². The Morgan fingerprint density at radius 3 is 3.15 bits per heavy atom. The maximum absolute atomic E-state index is 12.7. The minimum Gasteiger partial charge on any atom is -0.379 e. The van der Waals surface area contributed by atoms with Gasteiger partial charge in [-0.25, -0.2) is 0 Å². The van der Waals surface area contributed by atoms with Crippen molar-refractivity contribution in [3.63, 3.8) is 0 Å². The van der Waals surface area contributed by atoms with Crippen LogP contribution in [0.1, 0.15) is 38.0 Å². The third kappa shape index (κ3) is 2.46. The predicted molar refractivity (Wildman–Crippen MR) is 79.9 cm³/mol. The average molecular weight is 292 g/mol. The molecule has 0 bridgehead atoms. The van der Waals surface area contributed by atoms with E-state index in [9.17, 15) is 4.79 Å². The molecule has 0 aliphatic carbocycles. The summed E-state index contributed by atoms with van der Waals surface area (Å²) >= 11 is 1.63. The van der Waals surface area contributed by atoms with Gasteiger partial charge in [0, 0.05) is 19.5 Å². The van der Waals surface area contributed by atoms with Crippen molar-refractivity contribution in [2.45, 2.75) is 38.7 Å². The Bertz CT molecular complexity index is 526. The summed E-state index contributed by atoms with van der Waals surface area (Å²) < 4.78 is 0. The number of carbonyl (C=O) groups is 1. The molecule has 1 amide bonds. The smallest absolute Gasteiger partial charge is 0.269 e. The molecule has 108 valence electrons. The van der Waals surface area contributed by atoms with Crippen molar-refractivity contribution < 1.29 is 9.63 Å². The lowest BCUT2D eigenvalue weighted by Crippen LogP contribution is -2.50. The van der Waals surface area contributed by atoms with Crippen LogP contribution >= 0.6 is 11.3 Å². The van der Waals surface area contributed by atoms with Gasteiger partial charge in [-0.15, -0.1) is 11.3 Å². The summed E-state index contributed by atoms with van der Waals surface area (Å²) in [6, 6.07) is 4.01. The molecule has 0 aromatic carbocycles. The Hall–Kier alpha value is -1.36. The molecule has 1 aromatic rings. The van der Waals surface area contributed by atoms with Crippen LogP contribution in [0.25, 0.3) is 0 Å². The van der Waals surface area contributed by atoms with E-state index < -0.39 is 5.60 Å². The molecule has 0 unspecified atom stereocenters. The highest BCUT2D eigenvalue weighted by atomic mass is 32.1. The second-order valence-electron chi connectivity index (χ2n) is 6.01. The number of amides is 1. The number of carbonyl (C=O) groups excluding carboxylic acids is 1. The first-order valence-electron chi connectivity index (χ1n) is 7.17. The summed E-state index contributed by atoms with van der Waals surface area (Å²) in [5.41, 5.74) is 0.0667. The normalized spacial score (nSPS) is 30.0. The number of piperidine rings is 1. The van der Waals surface area contributed by atoms with Gasteiger partial charge in [-0.1, -0.05) is 18.1 Å². The van der Waals surface area contributed by atoms with Crippen LogP contribution in [0, 0.1) is 5.92 Å². The molecule has 1 aromatic heterocycles. The molecule has 0 radical (unpaired) electrons. The Balaban J connectivity index is 1.70. The molecule has 0 saturated carbocycles. The molecule has 4 nitrogen and oxygen atoms in total. The van der Waals surface area contributed by atoms with Crippen molar-refractivity contribution >= 4 is 23.0 Å². The van der Waals surface area contributed by atoms with Gasteiger partial charge in [0.05, 0.1) is 4.88 Å². The minimum atomic E-state index is -0.823. The largest absolute Gasteiger partial charge is 0.379 e. The maximum Gasteiger partial charge on any atom is 0.269 e. The molecule has 2 aliphatic rings.